The van der Waals surface area contributed by atoms with E-state index in [1.165, 1.54) is 11.2 Å². The Hall–Kier alpha value is -4.73. The van der Waals surface area contributed by atoms with Crippen molar-refractivity contribution in [3.05, 3.63) is 72.8 Å². The first-order valence-corrected chi connectivity index (χ1v) is 12.6. The van der Waals surface area contributed by atoms with Crippen LogP contribution in [0.1, 0.15) is 23.4 Å². The van der Waals surface area contributed by atoms with Crippen LogP contribution in [0.4, 0.5) is 5.95 Å². The molecule has 202 valence electrons. The Labute approximate surface area is 226 Å². The molecule has 2 aromatic heterocycles. The van der Waals surface area contributed by atoms with Gasteiger partial charge in [0, 0.05) is 24.4 Å². The van der Waals surface area contributed by atoms with Gasteiger partial charge in [0.05, 0.1) is 39.0 Å². The molecule has 0 bridgehead atoms. The number of rotatable bonds is 11. The Morgan fingerprint density at radius 2 is 1.79 bits per heavy atom. The van der Waals surface area contributed by atoms with Crippen molar-refractivity contribution in [3.8, 4) is 34.2 Å². The minimum absolute atomic E-state index is 0.132. The van der Waals surface area contributed by atoms with Crippen LogP contribution in [0, 0.1) is 5.92 Å². The maximum atomic E-state index is 13.3. The molecule has 5 rings (SSSR count). The van der Waals surface area contributed by atoms with Gasteiger partial charge in [-0.05, 0) is 67.3 Å². The Morgan fingerprint density at radius 3 is 2.44 bits per heavy atom. The fourth-order valence-electron chi connectivity index (χ4n) is 4.27. The zero-order chi connectivity index (χ0) is 27.4. The van der Waals surface area contributed by atoms with Crippen LogP contribution < -0.4 is 19.5 Å². The van der Waals surface area contributed by atoms with Gasteiger partial charge in [-0.15, -0.1) is 0 Å². The van der Waals surface area contributed by atoms with Gasteiger partial charge in [-0.2, -0.15) is 0 Å². The van der Waals surface area contributed by atoms with Gasteiger partial charge in [0.25, 0.3) is 5.91 Å². The largest absolute Gasteiger partial charge is 0.497 e. The molecular weight excluding hydrogens is 500 g/mol. The summed E-state index contributed by atoms with van der Waals surface area (Å²) in [5, 5.41) is 2.90. The second-order valence-corrected chi connectivity index (χ2v) is 9.24. The van der Waals surface area contributed by atoms with Crippen molar-refractivity contribution in [3.63, 3.8) is 0 Å². The van der Waals surface area contributed by atoms with Gasteiger partial charge >= 0.3 is 0 Å². The first-order valence-electron chi connectivity index (χ1n) is 12.6. The summed E-state index contributed by atoms with van der Waals surface area (Å²) in [5.74, 6) is 2.05. The molecule has 4 aromatic rings. The molecule has 10 heteroatoms. The molecule has 1 aliphatic carbocycles. The summed E-state index contributed by atoms with van der Waals surface area (Å²) in [4.78, 5) is 32.5. The van der Waals surface area contributed by atoms with Crippen LogP contribution in [-0.2, 0) is 4.79 Å². The smallest absolute Gasteiger partial charge is 0.290 e. The molecule has 39 heavy (non-hydrogen) atoms. The van der Waals surface area contributed by atoms with E-state index in [2.05, 4.69) is 5.32 Å². The number of anilines is 1. The van der Waals surface area contributed by atoms with E-state index in [0.717, 1.165) is 24.2 Å². The lowest BCUT2D eigenvalue weighted by Crippen LogP contribution is -2.39. The van der Waals surface area contributed by atoms with E-state index >= 15 is 0 Å². The fraction of sp³-hybridized carbons (Fsp3) is 0.276. The minimum atomic E-state index is -0.371. The topological polar surface area (TPSA) is 108 Å². The number of hydrogen-bond acceptors (Lipinski definition) is 7. The maximum Gasteiger partial charge on any atom is 0.290 e. The number of imidazole rings is 1. The lowest BCUT2D eigenvalue weighted by Gasteiger charge is -2.21. The predicted molar refractivity (Wildman–Crippen MR) is 145 cm³/mol. The highest BCUT2D eigenvalue weighted by molar-refractivity contribution is 5.97. The average Bonchev–Trinajstić information content (AvgIpc) is 3.43. The number of nitrogens with one attached hydrogen (secondary N) is 1. The molecule has 1 N–H and O–H groups in total. The highest BCUT2D eigenvalue weighted by Crippen LogP contribution is 2.33. The number of furan rings is 1. The number of benzene rings is 2. The molecule has 0 aliphatic heterocycles. The van der Waals surface area contributed by atoms with Crippen molar-refractivity contribution in [1.29, 1.82) is 0 Å². The van der Waals surface area contributed by atoms with E-state index in [1.807, 2.05) is 36.5 Å². The van der Waals surface area contributed by atoms with Gasteiger partial charge in [0.2, 0.25) is 11.9 Å². The second-order valence-electron chi connectivity index (χ2n) is 9.24. The van der Waals surface area contributed by atoms with Gasteiger partial charge in [0.15, 0.2) is 17.3 Å². The van der Waals surface area contributed by atoms with Crippen LogP contribution in [0.2, 0.25) is 0 Å². The van der Waals surface area contributed by atoms with Crippen molar-refractivity contribution in [2.45, 2.75) is 12.8 Å². The Bertz CT molecular complexity index is 1440. The molecule has 0 spiro atoms. The highest BCUT2D eigenvalue weighted by Gasteiger charge is 2.30. The zero-order valence-corrected chi connectivity index (χ0v) is 22.0. The van der Waals surface area contributed by atoms with Crippen LogP contribution >= 0.6 is 0 Å². The molecular formula is C29H30N4O6. The van der Waals surface area contributed by atoms with E-state index < -0.39 is 0 Å². The summed E-state index contributed by atoms with van der Waals surface area (Å²) in [6, 6.07) is 16.2. The molecule has 2 heterocycles. The van der Waals surface area contributed by atoms with Crippen LogP contribution in [0.25, 0.3) is 16.9 Å². The summed E-state index contributed by atoms with van der Waals surface area (Å²) in [7, 11) is 4.74. The van der Waals surface area contributed by atoms with Crippen LogP contribution in [0.3, 0.4) is 0 Å². The van der Waals surface area contributed by atoms with Crippen molar-refractivity contribution in [1.82, 2.24) is 14.5 Å². The molecule has 2 amide bonds. The first kappa shape index (κ1) is 25.9. The van der Waals surface area contributed by atoms with Gasteiger partial charge in [-0.1, -0.05) is 0 Å². The SMILES string of the molecule is COc1ccc(-c2cn(-c3ccc(OC)c(OC)c3)c(NC(=O)CN(CC3CC3)C(=O)c3ccco3)n2)cc1. The number of ether oxygens (including phenoxy) is 3. The van der Waals surface area contributed by atoms with E-state index in [9.17, 15) is 9.59 Å². The van der Waals surface area contributed by atoms with E-state index in [4.69, 9.17) is 23.6 Å². The Kier molecular flexibility index (Phi) is 7.53. The molecule has 1 fully saturated rings. The van der Waals surface area contributed by atoms with Crippen molar-refractivity contribution in [2.24, 2.45) is 5.92 Å². The summed E-state index contributed by atoms with van der Waals surface area (Å²) in [5.41, 5.74) is 2.19. The number of aromatic nitrogens is 2. The van der Waals surface area contributed by atoms with Crippen LogP contribution in [-0.4, -0.2) is 60.7 Å². The first-order chi connectivity index (χ1) is 19.0. The molecule has 0 atom stereocenters. The number of methoxy groups -OCH3 is 3. The standard InChI is InChI=1S/C29H30N4O6/c1-36-22-11-8-20(9-12-22)23-17-33(21-10-13-24(37-2)26(15-21)38-3)29(30-23)31-27(34)18-32(16-19-6-7-19)28(35)25-5-4-14-39-25/h4-5,8-15,17,19H,6-7,16,18H2,1-3H3,(H,30,31,34). The summed E-state index contributed by atoms with van der Waals surface area (Å²) >= 11 is 0. The quantitative estimate of drug-likeness (QED) is 0.301. The molecule has 2 aromatic carbocycles. The monoisotopic (exact) mass is 530 g/mol. The molecule has 0 unspecified atom stereocenters. The van der Waals surface area contributed by atoms with Crippen molar-refractivity contribution < 1.29 is 28.2 Å². The summed E-state index contributed by atoms with van der Waals surface area (Å²) in [6.45, 7) is 0.362. The average molecular weight is 531 g/mol. The van der Waals surface area contributed by atoms with Crippen LogP contribution in [0.5, 0.6) is 17.2 Å². The molecule has 0 saturated heterocycles. The lowest BCUT2D eigenvalue weighted by molar-refractivity contribution is -0.117. The zero-order valence-electron chi connectivity index (χ0n) is 22.0. The third-order valence-corrected chi connectivity index (χ3v) is 6.52. The van der Waals surface area contributed by atoms with Gasteiger partial charge in [-0.25, -0.2) is 4.98 Å². The minimum Gasteiger partial charge on any atom is -0.497 e. The van der Waals surface area contributed by atoms with Crippen LogP contribution in [0.15, 0.2) is 71.5 Å². The maximum absolute atomic E-state index is 13.3. The predicted octanol–water partition coefficient (Wildman–Crippen LogP) is 4.65. The molecule has 1 aliphatic rings. The van der Waals surface area contributed by atoms with E-state index in [-0.39, 0.29) is 24.1 Å². The summed E-state index contributed by atoms with van der Waals surface area (Å²) in [6.07, 6.45) is 5.36. The number of carbonyl (C=O) groups excluding carboxylic acids is 2. The van der Waals surface area contributed by atoms with E-state index in [1.54, 1.807) is 50.2 Å². The van der Waals surface area contributed by atoms with Gasteiger partial charge < -0.3 is 23.5 Å². The Balaban J connectivity index is 1.45. The fourth-order valence-corrected chi connectivity index (χ4v) is 4.27. The van der Waals surface area contributed by atoms with Gasteiger partial charge in [0.1, 0.15) is 12.3 Å². The number of carbonyl (C=O) groups is 2. The van der Waals surface area contributed by atoms with Crippen molar-refractivity contribution in [2.75, 3.05) is 39.7 Å². The Morgan fingerprint density at radius 1 is 1.03 bits per heavy atom. The molecule has 1 saturated carbocycles. The van der Waals surface area contributed by atoms with Crippen molar-refractivity contribution >= 4 is 17.8 Å². The van der Waals surface area contributed by atoms with E-state index in [0.29, 0.717) is 41.3 Å². The summed E-state index contributed by atoms with van der Waals surface area (Å²) < 4.78 is 23.2. The molecule has 10 nitrogen and oxygen atoms in total. The third-order valence-electron chi connectivity index (χ3n) is 6.52. The normalized spacial score (nSPS) is 12.6. The highest BCUT2D eigenvalue weighted by atomic mass is 16.5. The number of nitrogens with zero attached hydrogens (tertiary/aromatic N) is 3. The number of amides is 2. The second kappa shape index (κ2) is 11.3. The number of hydrogen-bond donors (Lipinski definition) is 1. The lowest BCUT2D eigenvalue weighted by atomic mass is 10.1. The molecule has 0 radical (unpaired) electrons. The third kappa shape index (κ3) is 5.90. The van der Waals surface area contributed by atoms with Gasteiger partial charge in [-0.3, -0.25) is 19.5 Å².